The first-order valence-corrected chi connectivity index (χ1v) is 29.6. The summed E-state index contributed by atoms with van der Waals surface area (Å²) in [6, 6.07) is -1.37. The topological polar surface area (TPSA) is 191 Å². The van der Waals surface area contributed by atoms with E-state index in [1.807, 2.05) is 24.1 Å². The van der Waals surface area contributed by atoms with Gasteiger partial charge in [0.15, 0.2) is 0 Å². The minimum absolute atomic E-state index is 0.119. The molecule has 1 amide bonds. The summed E-state index contributed by atoms with van der Waals surface area (Å²) in [6.07, 6.45) is 28.6. The first-order valence-electron chi connectivity index (χ1n) is 29.6. The number of nitrogens with zero attached hydrogens (tertiary/aromatic N) is 2. The van der Waals surface area contributed by atoms with Crippen molar-refractivity contribution in [3.8, 4) is 0 Å². The number of carbonyl (C=O) groups excluding carboxylic acids is 7. The molecule has 0 aromatic carbocycles. The number of esters is 6. The van der Waals surface area contributed by atoms with Crippen LogP contribution in [0.15, 0.2) is 12.2 Å². The van der Waals surface area contributed by atoms with E-state index >= 15 is 0 Å². The number of rotatable bonds is 45. The zero-order valence-electron chi connectivity index (χ0n) is 47.4. The Morgan fingerprint density at radius 1 is 0.413 bits per heavy atom. The van der Waals surface area contributed by atoms with Gasteiger partial charge < -0.3 is 33.2 Å². The van der Waals surface area contributed by atoms with E-state index in [0.29, 0.717) is 51.6 Å². The van der Waals surface area contributed by atoms with Crippen LogP contribution in [0.3, 0.4) is 0 Å². The van der Waals surface area contributed by atoms with E-state index in [2.05, 4.69) is 27.7 Å². The summed E-state index contributed by atoms with van der Waals surface area (Å²) in [4.78, 5) is 95.7. The highest BCUT2D eigenvalue weighted by atomic mass is 16.6. The quantitative estimate of drug-likeness (QED) is 0.0242. The highest BCUT2D eigenvalue weighted by Gasteiger charge is 2.38. The van der Waals surface area contributed by atoms with Crippen LogP contribution in [0.5, 0.6) is 0 Å². The first kappa shape index (κ1) is 66.9. The zero-order chi connectivity index (χ0) is 54.7. The fraction of sp³-hybridized carbons (Fsp3) is 0.847. The van der Waals surface area contributed by atoms with Gasteiger partial charge >= 0.3 is 41.9 Å². The molecule has 0 aromatic rings. The molecule has 2 rings (SSSR count). The van der Waals surface area contributed by atoms with Gasteiger partial charge in [0.25, 0.3) is 0 Å². The van der Waals surface area contributed by atoms with Crippen LogP contribution in [0.2, 0.25) is 0 Å². The van der Waals surface area contributed by atoms with Gasteiger partial charge in [-0.25, -0.2) is 4.79 Å². The fourth-order valence-corrected chi connectivity index (χ4v) is 9.18. The van der Waals surface area contributed by atoms with Crippen LogP contribution in [0.1, 0.15) is 233 Å². The van der Waals surface area contributed by atoms with Crippen molar-refractivity contribution in [2.45, 2.75) is 251 Å². The number of likely N-dealkylation sites (N-methyl/N-ethyl adjacent to an activating group) is 1. The van der Waals surface area contributed by atoms with E-state index in [0.717, 1.165) is 128 Å². The van der Waals surface area contributed by atoms with Gasteiger partial charge in [0.1, 0.15) is 19.3 Å². The van der Waals surface area contributed by atoms with Crippen molar-refractivity contribution in [3.63, 3.8) is 0 Å². The molecule has 0 radical (unpaired) electrons. The average molecular weight is 1060 g/mol. The molecule has 2 aliphatic rings. The standard InChI is InChI=1S/C59H102N2O14/c1-6-10-14-18-22-26-34-53(62)69-42-48(43-70-54(63)35-27-23-19-15-11-7-2)38-57(66)73-46-50-32-30-31-33-51(61(50)59(68)75-52-40-60(5)41-52)47-74-58(67)39-49(44-71-55(64)36-28-24-20-16-12-8-3)45-72-56(65)37-29-25-21-17-13-9-4/h30-31,48-52H,6-29,32-47H2,1-5H3/t50-,51+. The van der Waals surface area contributed by atoms with Crippen LogP contribution >= 0.6 is 0 Å². The Balaban J connectivity index is 2.13. The second-order valence-electron chi connectivity index (χ2n) is 21.2. The Morgan fingerprint density at radius 2 is 0.707 bits per heavy atom. The van der Waals surface area contributed by atoms with Crippen LogP contribution in [0.25, 0.3) is 0 Å². The van der Waals surface area contributed by atoms with Crippen LogP contribution in [-0.4, -0.2) is 130 Å². The molecule has 0 N–H and O–H groups in total. The Kier molecular flexibility index (Phi) is 39.1. The lowest BCUT2D eigenvalue weighted by molar-refractivity contribution is -0.156. The van der Waals surface area contributed by atoms with Gasteiger partial charge in [-0.05, 0) is 45.6 Å². The monoisotopic (exact) mass is 1060 g/mol. The minimum atomic E-state index is -0.685. The summed E-state index contributed by atoms with van der Waals surface area (Å²) in [5.74, 6) is -4.00. The second-order valence-corrected chi connectivity index (χ2v) is 21.2. The molecule has 0 unspecified atom stereocenters. The molecule has 432 valence electrons. The molecule has 75 heavy (non-hydrogen) atoms. The summed E-state index contributed by atoms with van der Waals surface area (Å²) < 4.78 is 40.1. The van der Waals surface area contributed by atoms with E-state index in [4.69, 9.17) is 33.2 Å². The molecule has 1 saturated heterocycles. The highest BCUT2D eigenvalue weighted by Crippen LogP contribution is 2.24. The van der Waals surface area contributed by atoms with Crippen molar-refractivity contribution < 1.29 is 66.7 Å². The Hall–Kier alpha value is -4.21. The number of carbonyl (C=O) groups is 7. The number of hydrogen-bond acceptors (Lipinski definition) is 15. The van der Waals surface area contributed by atoms with Gasteiger partial charge in [-0.15, -0.1) is 0 Å². The van der Waals surface area contributed by atoms with E-state index in [1.165, 1.54) is 4.90 Å². The third-order valence-electron chi connectivity index (χ3n) is 13.9. The van der Waals surface area contributed by atoms with Crippen molar-refractivity contribution in [1.29, 1.82) is 0 Å². The summed E-state index contributed by atoms with van der Waals surface area (Å²) in [5, 5.41) is 0. The number of unbranched alkanes of at least 4 members (excludes halogenated alkanes) is 20. The van der Waals surface area contributed by atoms with Crippen molar-refractivity contribution >= 4 is 41.9 Å². The van der Waals surface area contributed by atoms with E-state index in [9.17, 15) is 33.6 Å². The SMILES string of the molecule is CCCCCCCCC(=O)OCC(COC(=O)CCCCCCCC)CC(=O)OC[C@H]1CC=CC[C@@H](COC(=O)CC(COC(=O)CCCCCCCC)COC(=O)CCCCCCCC)N1C(=O)OC1CN(C)C1. The lowest BCUT2D eigenvalue weighted by Gasteiger charge is -2.40. The summed E-state index contributed by atoms with van der Waals surface area (Å²) in [6.45, 7) is 8.85. The molecule has 2 heterocycles. The van der Waals surface area contributed by atoms with Crippen LogP contribution < -0.4 is 0 Å². The van der Waals surface area contributed by atoms with Gasteiger partial charge in [0.2, 0.25) is 0 Å². The Bertz CT molecular complexity index is 1440. The van der Waals surface area contributed by atoms with Gasteiger partial charge in [-0.3, -0.25) is 38.6 Å². The van der Waals surface area contributed by atoms with Gasteiger partial charge in [-0.1, -0.05) is 168 Å². The summed E-state index contributed by atoms with van der Waals surface area (Å²) >= 11 is 0. The molecule has 16 heteroatoms. The van der Waals surface area contributed by atoms with Crippen LogP contribution in [0, 0.1) is 11.8 Å². The highest BCUT2D eigenvalue weighted by molar-refractivity contribution is 5.73. The van der Waals surface area contributed by atoms with E-state index < -0.39 is 42.0 Å². The third kappa shape index (κ3) is 34.2. The first-order chi connectivity index (χ1) is 36.4. The lowest BCUT2D eigenvalue weighted by atomic mass is 10.1. The number of likely N-dealkylation sites (tertiary alicyclic amines) is 1. The summed E-state index contributed by atoms with van der Waals surface area (Å²) in [7, 11) is 1.92. The molecule has 0 bridgehead atoms. The van der Waals surface area contributed by atoms with Gasteiger partial charge in [-0.2, -0.15) is 0 Å². The number of ether oxygens (including phenoxy) is 7. The molecular formula is C59H102N2O14. The number of amides is 1. The van der Waals surface area contributed by atoms with Gasteiger partial charge in [0.05, 0.1) is 51.4 Å². The molecule has 16 nitrogen and oxygen atoms in total. The molecular weight excluding hydrogens is 961 g/mol. The molecule has 2 aliphatic heterocycles. The maximum Gasteiger partial charge on any atom is 0.410 e. The smallest absolute Gasteiger partial charge is 0.410 e. The van der Waals surface area contributed by atoms with Crippen LogP contribution in [0.4, 0.5) is 4.79 Å². The van der Waals surface area contributed by atoms with Crippen molar-refractivity contribution in [2.75, 3.05) is 59.8 Å². The van der Waals surface area contributed by atoms with Crippen molar-refractivity contribution in [1.82, 2.24) is 9.80 Å². The van der Waals surface area contributed by atoms with Crippen LogP contribution in [-0.2, 0) is 61.9 Å². The maximum atomic E-state index is 14.1. The Morgan fingerprint density at radius 3 is 1.00 bits per heavy atom. The third-order valence-corrected chi connectivity index (χ3v) is 13.9. The van der Waals surface area contributed by atoms with Crippen molar-refractivity contribution in [2.24, 2.45) is 11.8 Å². The normalized spacial score (nSPS) is 15.8. The van der Waals surface area contributed by atoms with E-state index in [-0.39, 0.29) is 108 Å². The Labute approximate surface area is 452 Å². The molecule has 1 fully saturated rings. The maximum absolute atomic E-state index is 14.1. The van der Waals surface area contributed by atoms with Crippen molar-refractivity contribution in [3.05, 3.63) is 12.2 Å². The largest absolute Gasteiger partial charge is 0.465 e. The molecule has 0 saturated carbocycles. The number of hydrogen-bond donors (Lipinski definition) is 0. The second kappa shape index (κ2) is 43.8. The molecule has 0 spiro atoms. The lowest BCUT2D eigenvalue weighted by Crippen LogP contribution is -2.56. The van der Waals surface area contributed by atoms with E-state index in [1.54, 1.807) is 0 Å². The average Bonchev–Trinajstić information content (AvgIpc) is 3.59. The molecule has 2 atom stereocenters. The summed E-state index contributed by atoms with van der Waals surface area (Å²) in [5.41, 5.74) is 0. The fourth-order valence-electron chi connectivity index (χ4n) is 9.18. The zero-order valence-corrected chi connectivity index (χ0v) is 47.4. The molecule has 0 aromatic heterocycles. The van der Waals surface area contributed by atoms with Gasteiger partial charge in [0, 0.05) is 50.6 Å². The minimum Gasteiger partial charge on any atom is -0.465 e. The molecule has 0 aliphatic carbocycles. The predicted octanol–water partition coefficient (Wildman–Crippen LogP) is 12.1. The predicted molar refractivity (Wildman–Crippen MR) is 289 cm³/mol.